The fourth-order valence-corrected chi connectivity index (χ4v) is 3.06. The fraction of sp³-hybridized carbons (Fsp3) is 0.391. The number of nitrogens with zero attached hydrogens (tertiary/aromatic N) is 4. The van der Waals surface area contributed by atoms with E-state index >= 15 is 0 Å². The van der Waals surface area contributed by atoms with Gasteiger partial charge in [0.25, 0.3) is 0 Å². The van der Waals surface area contributed by atoms with Gasteiger partial charge in [0.05, 0.1) is 11.9 Å². The normalized spacial score (nSPS) is 14.7. The highest BCUT2D eigenvalue weighted by Gasteiger charge is 2.27. The van der Waals surface area contributed by atoms with Crippen LogP contribution in [-0.4, -0.2) is 69.2 Å². The van der Waals surface area contributed by atoms with Crippen molar-refractivity contribution < 1.29 is 23.9 Å². The molecule has 9 nitrogen and oxygen atoms in total. The zero-order chi connectivity index (χ0) is 23.1. The number of imidazole rings is 1. The van der Waals surface area contributed by atoms with Crippen LogP contribution in [0.5, 0.6) is 0 Å². The minimum Gasteiger partial charge on any atom is -0.445 e. The summed E-state index contributed by atoms with van der Waals surface area (Å²) in [6.45, 7) is 6.66. The third-order valence-corrected chi connectivity index (χ3v) is 4.65. The van der Waals surface area contributed by atoms with Gasteiger partial charge in [0.15, 0.2) is 0 Å². The second-order valence-electron chi connectivity index (χ2n) is 8.37. The molecule has 170 valence electrons. The summed E-state index contributed by atoms with van der Waals surface area (Å²) in [6, 6.07) is 9.39. The van der Waals surface area contributed by atoms with Gasteiger partial charge in [0.2, 0.25) is 5.91 Å². The number of ether oxygens (including phenoxy) is 2. The average Bonchev–Trinajstić information content (AvgIpc) is 3.21. The Morgan fingerprint density at radius 2 is 1.88 bits per heavy atom. The van der Waals surface area contributed by atoms with E-state index in [2.05, 4.69) is 4.98 Å². The average molecular weight is 441 g/mol. The van der Waals surface area contributed by atoms with Gasteiger partial charge in [0.1, 0.15) is 25.1 Å². The number of piperazine rings is 1. The van der Waals surface area contributed by atoms with Crippen LogP contribution < -0.4 is 0 Å². The van der Waals surface area contributed by atoms with Crippen molar-refractivity contribution >= 4 is 24.2 Å². The highest BCUT2D eigenvalue weighted by atomic mass is 16.6. The van der Waals surface area contributed by atoms with Crippen LogP contribution in [0.15, 0.2) is 48.9 Å². The van der Waals surface area contributed by atoms with Gasteiger partial charge in [-0.3, -0.25) is 9.69 Å². The number of carbonyl (C=O) groups excluding carboxylic acids is 3. The van der Waals surface area contributed by atoms with Crippen LogP contribution in [0, 0.1) is 0 Å². The van der Waals surface area contributed by atoms with Crippen molar-refractivity contribution in [2.24, 2.45) is 0 Å². The second kappa shape index (κ2) is 10.1. The zero-order valence-corrected chi connectivity index (χ0v) is 18.6. The summed E-state index contributed by atoms with van der Waals surface area (Å²) >= 11 is 0. The van der Waals surface area contributed by atoms with E-state index in [1.54, 1.807) is 44.0 Å². The van der Waals surface area contributed by atoms with Crippen molar-refractivity contribution in [3.63, 3.8) is 0 Å². The molecule has 9 heteroatoms. The van der Waals surface area contributed by atoms with E-state index in [4.69, 9.17) is 9.47 Å². The van der Waals surface area contributed by atoms with Crippen LogP contribution in [0.25, 0.3) is 6.08 Å². The summed E-state index contributed by atoms with van der Waals surface area (Å²) in [4.78, 5) is 44.0. The predicted molar refractivity (Wildman–Crippen MR) is 118 cm³/mol. The SMILES string of the molecule is CC(C)(C)OC(=O)n1cncc1C=CCN1CCN(C(=O)OCc2ccccc2)CC1=O. The maximum Gasteiger partial charge on any atom is 0.420 e. The van der Waals surface area contributed by atoms with Gasteiger partial charge in [0, 0.05) is 19.6 Å². The second-order valence-corrected chi connectivity index (χ2v) is 8.37. The Balaban J connectivity index is 1.48. The summed E-state index contributed by atoms with van der Waals surface area (Å²) in [7, 11) is 0. The molecule has 0 bridgehead atoms. The van der Waals surface area contributed by atoms with Gasteiger partial charge in [-0.2, -0.15) is 0 Å². The molecular formula is C23H28N4O5. The molecular weight excluding hydrogens is 412 g/mol. The maximum atomic E-state index is 12.5. The van der Waals surface area contributed by atoms with E-state index in [-0.39, 0.29) is 19.1 Å². The summed E-state index contributed by atoms with van der Waals surface area (Å²) in [5.74, 6) is -0.168. The van der Waals surface area contributed by atoms with E-state index in [0.717, 1.165) is 5.56 Å². The molecule has 0 aliphatic carbocycles. The van der Waals surface area contributed by atoms with Crippen molar-refractivity contribution in [1.82, 2.24) is 19.4 Å². The summed E-state index contributed by atoms with van der Waals surface area (Å²) in [6.07, 6.45) is 5.40. The van der Waals surface area contributed by atoms with Gasteiger partial charge in [-0.05, 0) is 32.4 Å². The first-order valence-corrected chi connectivity index (χ1v) is 10.4. The number of rotatable bonds is 5. The van der Waals surface area contributed by atoms with E-state index in [1.165, 1.54) is 15.8 Å². The highest BCUT2D eigenvalue weighted by molar-refractivity contribution is 5.83. The van der Waals surface area contributed by atoms with Crippen LogP contribution in [0.1, 0.15) is 32.0 Å². The predicted octanol–water partition coefficient (Wildman–Crippen LogP) is 3.16. The number of carbonyl (C=O) groups is 3. The van der Waals surface area contributed by atoms with Crippen molar-refractivity contribution in [3.8, 4) is 0 Å². The molecule has 1 aliphatic heterocycles. The van der Waals surface area contributed by atoms with Gasteiger partial charge >= 0.3 is 12.2 Å². The summed E-state index contributed by atoms with van der Waals surface area (Å²) in [5, 5.41) is 0. The number of benzene rings is 1. The maximum absolute atomic E-state index is 12.5. The molecule has 2 heterocycles. The third-order valence-electron chi connectivity index (χ3n) is 4.65. The molecule has 0 spiro atoms. The molecule has 2 aromatic rings. The van der Waals surface area contributed by atoms with E-state index in [1.807, 2.05) is 30.3 Å². The minimum atomic E-state index is -0.614. The van der Waals surface area contributed by atoms with E-state index < -0.39 is 17.8 Å². The van der Waals surface area contributed by atoms with Crippen LogP contribution in [0.3, 0.4) is 0 Å². The van der Waals surface area contributed by atoms with Crippen molar-refractivity contribution in [2.75, 3.05) is 26.2 Å². The minimum absolute atomic E-state index is 0.0305. The fourth-order valence-electron chi connectivity index (χ4n) is 3.06. The molecule has 1 saturated heterocycles. The lowest BCUT2D eigenvalue weighted by atomic mass is 10.2. The molecule has 1 aromatic carbocycles. The Morgan fingerprint density at radius 3 is 2.56 bits per heavy atom. The van der Waals surface area contributed by atoms with Crippen molar-refractivity contribution in [3.05, 3.63) is 60.2 Å². The number of aromatic nitrogens is 2. The van der Waals surface area contributed by atoms with E-state index in [9.17, 15) is 14.4 Å². The van der Waals surface area contributed by atoms with Crippen molar-refractivity contribution in [2.45, 2.75) is 33.0 Å². The lowest BCUT2D eigenvalue weighted by molar-refractivity contribution is -0.134. The van der Waals surface area contributed by atoms with Crippen LogP contribution >= 0.6 is 0 Å². The van der Waals surface area contributed by atoms with Crippen molar-refractivity contribution in [1.29, 1.82) is 0 Å². The Morgan fingerprint density at radius 1 is 1.12 bits per heavy atom. The monoisotopic (exact) mass is 440 g/mol. The molecule has 2 amide bonds. The van der Waals surface area contributed by atoms with Gasteiger partial charge < -0.3 is 14.4 Å². The summed E-state index contributed by atoms with van der Waals surface area (Å²) in [5.41, 5.74) is 0.827. The largest absolute Gasteiger partial charge is 0.445 e. The molecule has 1 fully saturated rings. The number of hydrogen-bond acceptors (Lipinski definition) is 6. The molecule has 1 aliphatic rings. The molecule has 3 rings (SSSR count). The van der Waals surface area contributed by atoms with Crippen LogP contribution in [0.2, 0.25) is 0 Å². The Kier molecular flexibility index (Phi) is 7.29. The number of hydrogen-bond donors (Lipinski definition) is 0. The van der Waals surface area contributed by atoms with Gasteiger partial charge in [-0.1, -0.05) is 36.4 Å². The Hall–Kier alpha value is -3.62. The lowest BCUT2D eigenvalue weighted by Gasteiger charge is -2.33. The zero-order valence-electron chi connectivity index (χ0n) is 18.6. The highest BCUT2D eigenvalue weighted by Crippen LogP contribution is 2.12. The molecule has 0 atom stereocenters. The quantitative estimate of drug-likeness (QED) is 0.709. The molecule has 1 aromatic heterocycles. The molecule has 0 unspecified atom stereocenters. The number of amides is 2. The molecule has 0 N–H and O–H groups in total. The van der Waals surface area contributed by atoms with Gasteiger partial charge in [-0.15, -0.1) is 0 Å². The molecule has 0 saturated carbocycles. The van der Waals surface area contributed by atoms with Crippen LogP contribution in [0.4, 0.5) is 9.59 Å². The smallest absolute Gasteiger partial charge is 0.420 e. The molecule has 32 heavy (non-hydrogen) atoms. The van der Waals surface area contributed by atoms with Crippen LogP contribution in [-0.2, 0) is 20.9 Å². The Labute approximate surface area is 187 Å². The Bertz CT molecular complexity index is 978. The lowest BCUT2D eigenvalue weighted by Crippen LogP contribution is -2.52. The van der Waals surface area contributed by atoms with E-state index in [0.29, 0.717) is 25.3 Å². The standard InChI is InChI=1S/C23H28N4O5/c1-23(2,3)32-22(30)27-17-24-14-19(27)10-7-11-25-12-13-26(15-20(25)28)21(29)31-16-18-8-5-4-6-9-18/h4-10,14,17H,11-13,15-16H2,1-3H3. The first-order valence-electron chi connectivity index (χ1n) is 10.4. The van der Waals surface area contributed by atoms with Gasteiger partial charge in [-0.25, -0.2) is 19.1 Å². The molecule has 0 radical (unpaired) electrons. The summed E-state index contributed by atoms with van der Waals surface area (Å²) < 4.78 is 12.0. The first-order chi connectivity index (χ1) is 15.2. The third kappa shape index (κ3) is 6.44. The first kappa shape index (κ1) is 23.1. The topological polar surface area (TPSA) is 94.0 Å².